The molecule has 0 saturated heterocycles. The van der Waals surface area contributed by atoms with Crippen molar-refractivity contribution in [3.63, 3.8) is 0 Å². The molecular formula is C22H21N3O2S. The summed E-state index contributed by atoms with van der Waals surface area (Å²) >= 11 is 1.56. The van der Waals surface area contributed by atoms with E-state index in [0.29, 0.717) is 18.9 Å². The minimum absolute atomic E-state index is 0.462. The molecule has 2 aliphatic carbocycles. The zero-order valence-corrected chi connectivity index (χ0v) is 16.7. The Morgan fingerprint density at radius 2 is 2.18 bits per heavy atom. The summed E-state index contributed by atoms with van der Waals surface area (Å²) in [5.41, 5.74) is 6.06. The largest absolute Gasteiger partial charge is 0.480 e. The van der Waals surface area contributed by atoms with Gasteiger partial charge in [0.25, 0.3) is 0 Å². The summed E-state index contributed by atoms with van der Waals surface area (Å²) in [5, 5.41) is 9.80. The van der Waals surface area contributed by atoms with Crippen LogP contribution in [0.4, 0.5) is 0 Å². The van der Waals surface area contributed by atoms with Gasteiger partial charge in [0.15, 0.2) is 5.65 Å². The van der Waals surface area contributed by atoms with E-state index in [-0.39, 0.29) is 0 Å². The van der Waals surface area contributed by atoms with E-state index >= 15 is 0 Å². The monoisotopic (exact) mass is 391 g/mol. The molecule has 3 aromatic rings. The van der Waals surface area contributed by atoms with Crippen molar-refractivity contribution in [1.82, 2.24) is 14.5 Å². The minimum Gasteiger partial charge on any atom is -0.480 e. The third-order valence-corrected chi connectivity index (χ3v) is 6.91. The molecule has 1 N–H and O–H groups in total. The van der Waals surface area contributed by atoms with Crippen molar-refractivity contribution < 1.29 is 9.90 Å². The lowest BCUT2D eigenvalue weighted by Gasteiger charge is -2.19. The number of carboxylic acids is 1. The molecule has 142 valence electrons. The Hall–Kier alpha value is -2.69. The molecule has 5 nitrogen and oxygen atoms in total. The summed E-state index contributed by atoms with van der Waals surface area (Å²) in [6, 6.07) is 6.07. The first-order valence-electron chi connectivity index (χ1n) is 9.57. The van der Waals surface area contributed by atoms with E-state index in [9.17, 15) is 9.90 Å². The molecule has 5 rings (SSSR count). The Morgan fingerprint density at radius 1 is 1.36 bits per heavy atom. The summed E-state index contributed by atoms with van der Waals surface area (Å²) in [6.07, 6.45) is 6.30. The number of nitrogens with zero attached hydrogens (tertiary/aromatic N) is 3. The van der Waals surface area contributed by atoms with Crippen LogP contribution >= 0.6 is 11.3 Å². The predicted octanol–water partition coefficient (Wildman–Crippen LogP) is 4.47. The first-order valence-corrected chi connectivity index (χ1v) is 10.4. The Morgan fingerprint density at radius 3 is 2.86 bits per heavy atom. The van der Waals surface area contributed by atoms with Crippen LogP contribution in [0.2, 0.25) is 0 Å². The number of rotatable bonds is 5. The molecule has 28 heavy (non-hydrogen) atoms. The molecule has 1 saturated carbocycles. The second-order valence-electron chi connectivity index (χ2n) is 7.84. The van der Waals surface area contributed by atoms with Crippen LogP contribution in [0.3, 0.4) is 0 Å². The number of thiophene rings is 1. The lowest BCUT2D eigenvalue weighted by atomic mass is 9.86. The lowest BCUT2D eigenvalue weighted by Crippen LogP contribution is -2.30. The first-order chi connectivity index (χ1) is 13.5. The van der Waals surface area contributed by atoms with Gasteiger partial charge < -0.3 is 9.67 Å². The number of pyridine rings is 1. The van der Waals surface area contributed by atoms with Crippen LogP contribution in [0.1, 0.15) is 52.0 Å². The summed E-state index contributed by atoms with van der Waals surface area (Å²) in [4.78, 5) is 23.6. The fourth-order valence-electron chi connectivity index (χ4n) is 3.99. The molecule has 2 aliphatic rings. The third-order valence-electron chi connectivity index (χ3n) is 5.66. The Labute approximate surface area is 167 Å². The predicted molar refractivity (Wildman–Crippen MR) is 109 cm³/mol. The fraction of sp³-hybridized carbons (Fsp3) is 0.364. The van der Waals surface area contributed by atoms with Gasteiger partial charge in [-0.2, -0.15) is 0 Å². The second kappa shape index (κ2) is 6.16. The number of aryl methyl sites for hydroxylation is 2. The van der Waals surface area contributed by atoms with Crippen molar-refractivity contribution in [2.45, 2.75) is 51.0 Å². The molecule has 0 aliphatic heterocycles. The van der Waals surface area contributed by atoms with E-state index in [1.54, 1.807) is 23.5 Å². The van der Waals surface area contributed by atoms with Crippen LogP contribution < -0.4 is 0 Å². The van der Waals surface area contributed by atoms with Crippen molar-refractivity contribution in [1.29, 1.82) is 0 Å². The van der Waals surface area contributed by atoms with Crippen LogP contribution in [-0.2, 0) is 16.8 Å². The zero-order valence-electron chi connectivity index (χ0n) is 15.9. The topological polar surface area (TPSA) is 68.0 Å². The summed E-state index contributed by atoms with van der Waals surface area (Å²) in [5.74, 6) is 0.809. The summed E-state index contributed by atoms with van der Waals surface area (Å²) in [6.45, 7) is 4.78. The van der Waals surface area contributed by atoms with E-state index in [4.69, 9.17) is 9.97 Å². The van der Waals surface area contributed by atoms with Crippen molar-refractivity contribution in [3.05, 3.63) is 62.9 Å². The van der Waals surface area contributed by atoms with Gasteiger partial charge in [0.1, 0.15) is 16.8 Å². The standard InChI is InChI=1S/C22H21N3O2S/c1-13-11-14(2)23-20-18(13)24-19(15-5-6-15)25(20)12-16-7-8-17(28-16)22(21(26)27)9-3-4-10-22/h3,7-8,10-11,15H,5-6,9,12H2,1-2H3,(H,26,27). The molecule has 0 aromatic carbocycles. The third kappa shape index (κ3) is 2.64. The summed E-state index contributed by atoms with van der Waals surface area (Å²) < 4.78 is 2.23. The molecule has 1 fully saturated rings. The SMILES string of the molecule is Cc1cc(C)c2nc(C3CC3)n(Cc3ccc(C4(C(=O)O)C=C=CC4)s3)c2n1. The second-order valence-corrected chi connectivity index (χ2v) is 9.01. The van der Waals surface area contributed by atoms with E-state index in [1.165, 1.54) is 12.8 Å². The zero-order chi connectivity index (χ0) is 19.5. The maximum absolute atomic E-state index is 11.9. The van der Waals surface area contributed by atoms with Gasteiger partial charge in [0.05, 0.1) is 6.54 Å². The van der Waals surface area contributed by atoms with Crippen molar-refractivity contribution in [3.8, 4) is 0 Å². The summed E-state index contributed by atoms with van der Waals surface area (Å²) in [7, 11) is 0. The lowest BCUT2D eigenvalue weighted by molar-refractivity contribution is -0.141. The minimum atomic E-state index is -0.968. The number of carboxylic acid groups (broad SMARTS) is 1. The molecule has 1 unspecified atom stereocenters. The number of hydrogen-bond donors (Lipinski definition) is 1. The van der Waals surface area contributed by atoms with Gasteiger partial charge in [0.2, 0.25) is 0 Å². The first kappa shape index (κ1) is 17.4. The van der Waals surface area contributed by atoms with Crippen LogP contribution in [-0.4, -0.2) is 25.6 Å². The number of fused-ring (bicyclic) bond motifs is 1. The molecule has 3 heterocycles. The number of aromatic nitrogens is 3. The van der Waals surface area contributed by atoms with Gasteiger partial charge >= 0.3 is 5.97 Å². The molecule has 3 aromatic heterocycles. The van der Waals surface area contributed by atoms with Crippen LogP contribution in [0.25, 0.3) is 11.2 Å². The molecule has 0 bridgehead atoms. The maximum Gasteiger partial charge on any atom is 0.319 e. The normalized spacial score (nSPS) is 21.1. The number of imidazole rings is 1. The van der Waals surface area contributed by atoms with Crippen molar-refractivity contribution >= 4 is 28.5 Å². The van der Waals surface area contributed by atoms with Gasteiger partial charge in [-0.1, -0.05) is 0 Å². The number of hydrogen-bond acceptors (Lipinski definition) is 4. The van der Waals surface area contributed by atoms with Gasteiger partial charge in [-0.3, -0.25) is 4.79 Å². The highest BCUT2D eigenvalue weighted by Crippen LogP contribution is 2.42. The fourth-order valence-corrected chi connectivity index (χ4v) is 5.15. The van der Waals surface area contributed by atoms with Gasteiger partial charge in [0, 0.05) is 21.4 Å². The smallest absolute Gasteiger partial charge is 0.319 e. The van der Waals surface area contributed by atoms with Crippen molar-refractivity contribution in [2.24, 2.45) is 0 Å². The highest BCUT2D eigenvalue weighted by atomic mass is 32.1. The van der Waals surface area contributed by atoms with E-state index in [2.05, 4.69) is 23.3 Å². The van der Waals surface area contributed by atoms with Crippen LogP contribution in [0.15, 0.2) is 36.1 Å². The van der Waals surface area contributed by atoms with E-state index < -0.39 is 11.4 Å². The maximum atomic E-state index is 11.9. The quantitative estimate of drug-likeness (QED) is 0.652. The molecular weight excluding hydrogens is 370 g/mol. The number of carbonyl (C=O) groups is 1. The Kier molecular flexibility index (Phi) is 3.83. The number of aliphatic carboxylic acids is 1. The molecule has 0 amide bonds. The molecule has 6 heteroatoms. The average molecular weight is 391 g/mol. The molecule has 0 radical (unpaired) electrons. The van der Waals surface area contributed by atoms with Crippen LogP contribution in [0, 0.1) is 13.8 Å². The average Bonchev–Trinajstić information content (AvgIpc) is 3.07. The van der Waals surface area contributed by atoms with Gasteiger partial charge in [-0.25, -0.2) is 9.97 Å². The molecule has 1 atom stereocenters. The van der Waals surface area contributed by atoms with Crippen LogP contribution in [0.5, 0.6) is 0 Å². The molecule has 0 spiro atoms. The van der Waals surface area contributed by atoms with Gasteiger partial charge in [-0.05, 0) is 69.0 Å². The Bertz CT molecular complexity index is 1170. The van der Waals surface area contributed by atoms with E-state index in [0.717, 1.165) is 38.0 Å². The van der Waals surface area contributed by atoms with Crippen molar-refractivity contribution in [2.75, 3.05) is 0 Å². The van der Waals surface area contributed by atoms with Gasteiger partial charge in [-0.15, -0.1) is 17.1 Å². The van der Waals surface area contributed by atoms with E-state index in [1.807, 2.05) is 19.1 Å². The highest BCUT2D eigenvalue weighted by Gasteiger charge is 2.40. The highest BCUT2D eigenvalue weighted by molar-refractivity contribution is 7.12. The Balaban J connectivity index is 1.56.